The molecule has 8 nitrogen and oxygen atoms in total. The molecule has 8 heteroatoms. The molecule has 1 aliphatic heterocycles. The van der Waals surface area contributed by atoms with Crippen LogP contribution in [0.5, 0.6) is 0 Å². The average molecular weight is 596 g/mol. The van der Waals surface area contributed by atoms with Crippen molar-refractivity contribution in [2.24, 2.45) is 0 Å². The number of amides is 1. The summed E-state index contributed by atoms with van der Waals surface area (Å²) in [6.07, 6.45) is -2.59. The predicted octanol–water partition coefficient (Wildman–Crippen LogP) is 5.35. The largest absolute Gasteiger partial charge is 0.457 e. The molecule has 1 N–H and O–H groups in total. The first kappa shape index (κ1) is 31.1. The quantitative estimate of drug-likeness (QED) is 0.209. The van der Waals surface area contributed by atoms with E-state index in [1.165, 1.54) is 6.92 Å². The van der Waals surface area contributed by atoms with Crippen molar-refractivity contribution in [3.05, 3.63) is 144 Å². The average Bonchev–Trinajstić information content (AvgIpc) is 3.06. The fourth-order valence-electron chi connectivity index (χ4n) is 5.10. The van der Waals surface area contributed by atoms with E-state index >= 15 is 0 Å². The van der Waals surface area contributed by atoms with Crippen LogP contribution in [0.3, 0.4) is 0 Å². The van der Waals surface area contributed by atoms with Gasteiger partial charge >= 0.3 is 5.97 Å². The van der Waals surface area contributed by atoms with Crippen LogP contribution in [-0.2, 0) is 59.7 Å². The highest BCUT2D eigenvalue weighted by atomic mass is 16.6. The van der Waals surface area contributed by atoms with E-state index in [1.54, 1.807) is 0 Å². The first-order valence-electron chi connectivity index (χ1n) is 14.6. The van der Waals surface area contributed by atoms with Crippen LogP contribution in [0, 0.1) is 0 Å². The van der Waals surface area contributed by atoms with Crippen molar-refractivity contribution in [2.75, 3.05) is 6.61 Å². The molecule has 0 aliphatic carbocycles. The van der Waals surface area contributed by atoms with E-state index in [0.29, 0.717) is 0 Å². The van der Waals surface area contributed by atoms with Crippen LogP contribution in [0.15, 0.2) is 121 Å². The molecule has 0 bridgehead atoms. The summed E-state index contributed by atoms with van der Waals surface area (Å²) in [6.45, 7) is 1.88. The minimum absolute atomic E-state index is 0.0146. The summed E-state index contributed by atoms with van der Waals surface area (Å²) in [5.41, 5.74) is 1.56. The van der Waals surface area contributed by atoms with E-state index in [2.05, 4.69) is 5.32 Å². The van der Waals surface area contributed by atoms with Crippen LogP contribution in [0.1, 0.15) is 29.2 Å². The monoisotopic (exact) mass is 595 g/mol. The van der Waals surface area contributed by atoms with Gasteiger partial charge in [-0.05, 0) is 22.3 Å². The topological polar surface area (TPSA) is 92.3 Å². The summed E-state index contributed by atoms with van der Waals surface area (Å²) in [4.78, 5) is 26.7. The Morgan fingerprint density at radius 2 is 1.09 bits per heavy atom. The molecule has 1 heterocycles. The van der Waals surface area contributed by atoms with E-state index in [4.69, 9.17) is 23.7 Å². The lowest BCUT2D eigenvalue weighted by atomic mass is 9.92. The van der Waals surface area contributed by atoms with E-state index in [1.807, 2.05) is 121 Å². The van der Waals surface area contributed by atoms with Crippen LogP contribution in [0.25, 0.3) is 0 Å². The van der Waals surface area contributed by atoms with Gasteiger partial charge in [0, 0.05) is 6.92 Å². The number of ether oxygens (including phenoxy) is 5. The SMILES string of the molecule is CC(=O)N[C@]1(C(=O)OCc2ccccc2)OC[C@@H](OCc2ccccc2)[C@@H](OCc2ccccc2)[C@@H]1OCc1ccccc1. The fourth-order valence-corrected chi connectivity index (χ4v) is 5.10. The van der Waals surface area contributed by atoms with E-state index in [0.717, 1.165) is 22.3 Å². The maximum Gasteiger partial charge on any atom is 0.363 e. The molecule has 1 amide bonds. The number of rotatable bonds is 13. The van der Waals surface area contributed by atoms with Crippen LogP contribution in [0.2, 0.25) is 0 Å². The Balaban J connectivity index is 1.48. The van der Waals surface area contributed by atoms with E-state index < -0.39 is 35.9 Å². The van der Waals surface area contributed by atoms with Gasteiger partial charge in [0.05, 0.1) is 26.4 Å². The maximum atomic E-state index is 14.0. The Kier molecular flexibility index (Phi) is 10.9. The van der Waals surface area contributed by atoms with Crippen LogP contribution < -0.4 is 5.32 Å². The molecule has 0 radical (unpaired) electrons. The Labute approximate surface area is 257 Å². The molecule has 4 aromatic carbocycles. The van der Waals surface area contributed by atoms with Gasteiger partial charge in [-0.25, -0.2) is 4.79 Å². The van der Waals surface area contributed by atoms with Crippen LogP contribution >= 0.6 is 0 Å². The minimum Gasteiger partial charge on any atom is -0.457 e. The van der Waals surface area contributed by atoms with Gasteiger partial charge in [0.25, 0.3) is 5.72 Å². The number of carbonyl (C=O) groups is 2. The zero-order valence-electron chi connectivity index (χ0n) is 24.7. The van der Waals surface area contributed by atoms with Gasteiger partial charge in [-0.15, -0.1) is 0 Å². The molecular formula is C36H37NO7. The Morgan fingerprint density at radius 3 is 1.57 bits per heavy atom. The van der Waals surface area contributed by atoms with Gasteiger partial charge in [0.2, 0.25) is 5.91 Å². The fraction of sp³-hybridized carbons (Fsp3) is 0.278. The highest BCUT2D eigenvalue weighted by Crippen LogP contribution is 2.33. The third-order valence-corrected chi connectivity index (χ3v) is 7.28. The molecule has 5 rings (SSSR count). The second-order valence-electron chi connectivity index (χ2n) is 10.6. The van der Waals surface area contributed by atoms with Crippen molar-refractivity contribution >= 4 is 11.9 Å². The predicted molar refractivity (Wildman–Crippen MR) is 164 cm³/mol. The molecule has 228 valence electrons. The number of carbonyl (C=O) groups excluding carboxylic acids is 2. The highest BCUT2D eigenvalue weighted by Gasteiger charge is 2.59. The van der Waals surface area contributed by atoms with Gasteiger partial charge < -0.3 is 29.0 Å². The van der Waals surface area contributed by atoms with E-state index in [-0.39, 0.29) is 33.0 Å². The van der Waals surface area contributed by atoms with Crippen molar-refractivity contribution in [2.45, 2.75) is 57.4 Å². The zero-order valence-corrected chi connectivity index (χ0v) is 24.7. The van der Waals surface area contributed by atoms with Gasteiger partial charge in [0.1, 0.15) is 24.9 Å². The number of nitrogens with one attached hydrogen (secondary N) is 1. The summed E-state index contributed by atoms with van der Waals surface area (Å²) in [5.74, 6) is -1.27. The summed E-state index contributed by atoms with van der Waals surface area (Å²) in [5, 5.41) is 2.74. The van der Waals surface area contributed by atoms with E-state index in [9.17, 15) is 9.59 Å². The number of hydrogen-bond acceptors (Lipinski definition) is 7. The standard InChI is InChI=1S/C36H37NO7/c1-27(38)37-36(35(39)43-25-31-20-12-5-13-21-31)34(42-24-30-18-10-4-11-19-30)33(41-23-29-16-8-3-9-17-29)32(26-44-36)40-22-28-14-6-2-7-15-28/h2-21,32-34H,22-26H2,1H3,(H,37,38)/t32-,33-,34+,36+/m1/s1. The van der Waals surface area contributed by atoms with Crippen molar-refractivity contribution in [1.82, 2.24) is 5.32 Å². The summed E-state index contributed by atoms with van der Waals surface area (Å²) >= 11 is 0. The Morgan fingerprint density at radius 1 is 0.659 bits per heavy atom. The zero-order chi connectivity index (χ0) is 30.6. The molecule has 4 aromatic rings. The van der Waals surface area contributed by atoms with Crippen molar-refractivity contribution in [3.63, 3.8) is 0 Å². The van der Waals surface area contributed by atoms with Crippen LogP contribution in [0.4, 0.5) is 0 Å². The molecule has 1 aliphatic rings. The Bertz CT molecular complexity index is 1450. The summed E-state index contributed by atoms with van der Waals surface area (Å²) < 4.78 is 31.4. The van der Waals surface area contributed by atoms with Crippen molar-refractivity contribution < 1.29 is 33.3 Å². The third kappa shape index (κ3) is 8.18. The van der Waals surface area contributed by atoms with Gasteiger partial charge in [0.15, 0.2) is 0 Å². The van der Waals surface area contributed by atoms with Gasteiger partial charge in [-0.3, -0.25) is 4.79 Å². The maximum absolute atomic E-state index is 14.0. The molecule has 0 spiro atoms. The molecule has 4 atom stereocenters. The molecule has 1 saturated heterocycles. The number of hydrogen-bond donors (Lipinski definition) is 1. The lowest BCUT2D eigenvalue weighted by molar-refractivity contribution is -0.282. The number of esters is 1. The molecule has 0 saturated carbocycles. The molecule has 0 aromatic heterocycles. The van der Waals surface area contributed by atoms with Gasteiger partial charge in [-0.2, -0.15) is 0 Å². The minimum atomic E-state index is -2.00. The second-order valence-corrected chi connectivity index (χ2v) is 10.6. The molecule has 44 heavy (non-hydrogen) atoms. The summed E-state index contributed by atoms with van der Waals surface area (Å²) in [6, 6.07) is 38.3. The Hall–Kier alpha value is -4.34. The molecule has 0 unspecified atom stereocenters. The van der Waals surface area contributed by atoms with Crippen LogP contribution in [-0.4, -0.2) is 42.5 Å². The molecule has 1 fully saturated rings. The lowest BCUT2D eigenvalue weighted by Gasteiger charge is -2.47. The first-order chi connectivity index (χ1) is 21.5. The smallest absolute Gasteiger partial charge is 0.363 e. The lowest BCUT2D eigenvalue weighted by Crippen LogP contribution is -2.73. The third-order valence-electron chi connectivity index (χ3n) is 7.28. The normalized spacial score (nSPS) is 21.3. The first-order valence-corrected chi connectivity index (χ1v) is 14.6. The van der Waals surface area contributed by atoms with Crippen molar-refractivity contribution in [3.8, 4) is 0 Å². The summed E-state index contributed by atoms with van der Waals surface area (Å²) in [7, 11) is 0. The highest BCUT2D eigenvalue weighted by molar-refractivity contribution is 5.86. The second kappa shape index (κ2) is 15.4. The van der Waals surface area contributed by atoms with Crippen molar-refractivity contribution in [1.29, 1.82) is 0 Å². The molecular weight excluding hydrogens is 558 g/mol. The number of benzene rings is 4. The van der Waals surface area contributed by atoms with Gasteiger partial charge in [-0.1, -0.05) is 121 Å².